The van der Waals surface area contributed by atoms with E-state index in [-0.39, 0.29) is 17.6 Å². The van der Waals surface area contributed by atoms with Gasteiger partial charge < -0.3 is 10.6 Å². The third-order valence-electron chi connectivity index (χ3n) is 5.52. The van der Waals surface area contributed by atoms with Gasteiger partial charge in [0, 0.05) is 31.4 Å². The van der Waals surface area contributed by atoms with E-state index in [0.29, 0.717) is 4.90 Å². The Hall–Kier alpha value is -2.01. The summed E-state index contributed by atoms with van der Waals surface area (Å²) in [4.78, 5) is 2.50. The van der Waals surface area contributed by atoms with Crippen LogP contribution in [-0.4, -0.2) is 28.3 Å². The van der Waals surface area contributed by atoms with Crippen LogP contribution in [0.2, 0.25) is 0 Å². The largest absolute Gasteiger partial charge is 0.399 e. The molecule has 2 atom stereocenters. The predicted molar refractivity (Wildman–Crippen MR) is 113 cm³/mol. The van der Waals surface area contributed by atoms with Gasteiger partial charge in [-0.05, 0) is 60.2 Å². The van der Waals surface area contributed by atoms with Crippen LogP contribution in [0.25, 0.3) is 0 Å². The van der Waals surface area contributed by atoms with Gasteiger partial charge in [0.05, 0.1) is 10.6 Å². The van der Waals surface area contributed by atoms with Crippen molar-refractivity contribution in [2.75, 3.05) is 30.5 Å². The Kier molecular flexibility index (Phi) is 5.80. The molecular weight excluding hydrogens is 356 g/mol. The number of unbranched alkanes of at least 4 members (excludes halogenated alkanes) is 1. The third kappa shape index (κ3) is 4.29. The average Bonchev–Trinajstić information content (AvgIpc) is 2.73. The van der Waals surface area contributed by atoms with Crippen LogP contribution < -0.4 is 10.6 Å². The summed E-state index contributed by atoms with van der Waals surface area (Å²) in [5.74, 6) is 0.444. The summed E-state index contributed by atoms with van der Waals surface area (Å²) in [5.41, 5.74) is 9.79. The van der Waals surface area contributed by atoms with Crippen LogP contribution in [0.3, 0.4) is 0 Å². The molecule has 27 heavy (non-hydrogen) atoms. The molecule has 1 aliphatic rings. The molecule has 0 fully saturated rings. The Labute approximate surface area is 163 Å². The minimum atomic E-state index is -3.30. The molecule has 2 aromatic carbocycles. The minimum absolute atomic E-state index is 0.0440. The van der Waals surface area contributed by atoms with Gasteiger partial charge in [0.1, 0.15) is 0 Å². The maximum atomic E-state index is 13.2. The van der Waals surface area contributed by atoms with Crippen molar-refractivity contribution < 1.29 is 8.42 Å². The van der Waals surface area contributed by atoms with E-state index < -0.39 is 9.84 Å². The lowest BCUT2D eigenvalue weighted by Gasteiger charge is -2.23. The van der Waals surface area contributed by atoms with Crippen molar-refractivity contribution >= 4 is 21.2 Å². The number of anilines is 2. The van der Waals surface area contributed by atoms with Crippen LogP contribution in [-0.2, 0) is 9.84 Å². The van der Waals surface area contributed by atoms with Gasteiger partial charge in [-0.25, -0.2) is 8.42 Å². The number of rotatable bonds is 5. The number of hydrogen-bond donors (Lipinski definition) is 1. The Morgan fingerprint density at radius 2 is 1.93 bits per heavy atom. The summed E-state index contributed by atoms with van der Waals surface area (Å²) in [5, 5.41) is 0. The predicted octanol–water partition coefficient (Wildman–Crippen LogP) is 4.45. The summed E-state index contributed by atoms with van der Waals surface area (Å²) in [6.07, 6.45) is 3.93. The molecule has 5 heteroatoms. The van der Waals surface area contributed by atoms with Gasteiger partial charge in [0.15, 0.2) is 9.84 Å². The minimum Gasteiger partial charge on any atom is -0.399 e. The first-order valence-electron chi connectivity index (χ1n) is 9.71. The van der Waals surface area contributed by atoms with Crippen LogP contribution in [0.1, 0.15) is 49.7 Å². The summed E-state index contributed by atoms with van der Waals surface area (Å²) in [6, 6.07) is 13.6. The second-order valence-electron chi connectivity index (χ2n) is 7.86. The fourth-order valence-corrected chi connectivity index (χ4v) is 6.02. The Balaban J connectivity index is 2.17. The monoisotopic (exact) mass is 386 g/mol. The molecule has 0 saturated heterocycles. The maximum absolute atomic E-state index is 13.2. The van der Waals surface area contributed by atoms with E-state index >= 15 is 0 Å². The maximum Gasteiger partial charge on any atom is 0.178 e. The van der Waals surface area contributed by atoms with E-state index in [2.05, 4.69) is 13.0 Å². The normalized spacial score (nSPS) is 21.3. The molecule has 3 rings (SSSR count). The lowest BCUT2D eigenvalue weighted by Crippen LogP contribution is -2.15. The number of benzene rings is 2. The summed E-state index contributed by atoms with van der Waals surface area (Å²) >= 11 is 0. The van der Waals surface area contributed by atoms with E-state index in [9.17, 15) is 8.42 Å². The molecule has 0 spiro atoms. The second-order valence-corrected chi connectivity index (χ2v) is 9.87. The van der Waals surface area contributed by atoms with Crippen LogP contribution >= 0.6 is 0 Å². The van der Waals surface area contributed by atoms with Gasteiger partial charge in [0.25, 0.3) is 0 Å². The summed E-state index contributed by atoms with van der Waals surface area (Å²) in [6.45, 7) is 2.15. The molecule has 146 valence electrons. The molecule has 0 saturated carbocycles. The number of nitrogens with two attached hydrogens (primary N) is 1. The number of nitrogen functional groups attached to an aromatic ring is 1. The van der Waals surface area contributed by atoms with Gasteiger partial charge in [-0.15, -0.1) is 0 Å². The Morgan fingerprint density at radius 3 is 2.59 bits per heavy atom. The number of fused-ring (bicyclic) bond motifs is 1. The molecule has 0 radical (unpaired) electrons. The molecule has 0 amide bonds. The average molecular weight is 387 g/mol. The topological polar surface area (TPSA) is 63.4 Å². The highest BCUT2D eigenvalue weighted by Crippen LogP contribution is 2.42. The molecule has 2 N–H and O–H groups in total. The van der Waals surface area contributed by atoms with E-state index in [4.69, 9.17) is 5.73 Å². The fraction of sp³-hybridized carbons (Fsp3) is 0.455. The molecule has 1 heterocycles. The van der Waals surface area contributed by atoms with Crippen molar-refractivity contribution in [2.45, 2.75) is 43.4 Å². The van der Waals surface area contributed by atoms with E-state index in [1.54, 1.807) is 6.07 Å². The SMILES string of the molecule is CCCC[C@H]1C[C@H](c2cccc(N)c2)c2cc(N(C)C)ccc2S(=O)(=O)C1. The standard InChI is InChI=1S/C22H30N2O2S/c1-4-5-7-16-12-20(17-8-6-9-18(23)13-17)21-14-19(24(2)3)10-11-22(21)27(25,26)15-16/h6,8-11,13-14,16,20H,4-5,7,12,15,23H2,1-3H3/t16-,20+/m0/s1. The van der Waals surface area contributed by atoms with Gasteiger partial charge in [-0.2, -0.15) is 0 Å². The molecule has 0 aliphatic carbocycles. The summed E-state index contributed by atoms with van der Waals surface area (Å²) in [7, 11) is 0.656. The van der Waals surface area contributed by atoms with Crippen LogP contribution in [0.15, 0.2) is 47.4 Å². The van der Waals surface area contributed by atoms with Crippen molar-refractivity contribution in [3.8, 4) is 0 Å². The highest BCUT2D eigenvalue weighted by atomic mass is 32.2. The van der Waals surface area contributed by atoms with E-state index in [1.807, 2.05) is 49.3 Å². The van der Waals surface area contributed by atoms with Crippen molar-refractivity contribution in [1.82, 2.24) is 0 Å². The Morgan fingerprint density at radius 1 is 1.15 bits per heavy atom. The van der Waals surface area contributed by atoms with E-state index in [1.165, 1.54) is 0 Å². The van der Waals surface area contributed by atoms with Crippen LogP contribution in [0.4, 0.5) is 11.4 Å². The Bertz CT molecular complexity index is 906. The number of sulfone groups is 1. The van der Waals surface area contributed by atoms with Crippen LogP contribution in [0, 0.1) is 5.92 Å². The van der Waals surface area contributed by atoms with Crippen LogP contribution in [0.5, 0.6) is 0 Å². The fourth-order valence-electron chi connectivity index (χ4n) is 4.08. The molecule has 0 aromatic heterocycles. The first-order chi connectivity index (χ1) is 12.8. The van der Waals surface area contributed by atoms with Gasteiger partial charge in [-0.1, -0.05) is 31.9 Å². The molecule has 0 bridgehead atoms. The molecule has 1 aliphatic heterocycles. The lowest BCUT2D eigenvalue weighted by molar-refractivity contribution is 0.451. The van der Waals surface area contributed by atoms with Gasteiger partial charge in [-0.3, -0.25) is 0 Å². The zero-order valence-corrected chi connectivity index (χ0v) is 17.3. The zero-order chi connectivity index (χ0) is 19.6. The zero-order valence-electron chi connectivity index (χ0n) is 16.5. The third-order valence-corrected chi connectivity index (χ3v) is 7.48. The molecule has 0 unspecified atom stereocenters. The van der Waals surface area contributed by atoms with Gasteiger partial charge in [0.2, 0.25) is 0 Å². The number of nitrogens with zero attached hydrogens (tertiary/aromatic N) is 1. The molecular formula is C22H30N2O2S. The van der Waals surface area contributed by atoms with Crippen molar-refractivity contribution in [1.29, 1.82) is 0 Å². The van der Waals surface area contributed by atoms with Crippen molar-refractivity contribution in [3.05, 3.63) is 53.6 Å². The summed E-state index contributed by atoms with van der Waals surface area (Å²) < 4.78 is 26.3. The highest BCUT2D eigenvalue weighted by Gasteiger charge is 2.34. The first kappa shape index (κ1) is 19.7. The molecule has 2 aromatic rings. The lowest BCUT2D eigenvalue weighted by atomic mass is 9.82. The van der Waals surface area contributed by atoms with Crippen molar-refractivity contribution in [3.63, 3.8) is 0 Å². The first-order valence-corrected chi connectivity index (χ1v) is 11.4. The van der Waals surface area contributed by atoms with Gasteiger partial charge >= 0.3 is 0 Å². The second kappa shape index (κ2) is 7.93. The highest BCUT2D eigenvalue weighted by molar-refractivity contribution is 7.91. The van der Waals surface area contributed by atoms with E-state index in [0.717, 1.165) is 48.2 Å². The number of hydrogen-bond acceptors (Lipinski definition) is 4. The van der Waals surface area contributed by atoms with Crippen molar-refractivity contribution in [2.24, 2.45) is 5.92 Å². The molecule has 4 nitrogen and oxygen atoms in total. The quantitative estimate of drug-likeness (QED) is 0.771. The smallest absolute Gasteiger partial charge is 0.178 e.